The predicted octanol–water partition coefficient (Wildman–Crippen LogP) is 14.5. The molecule has 6 amide bonds. The number of ether oxygens (including phenoxy) is 6. The first kappa shape index (κ1) is 57.7. The smallest absolute Gasteiger partial charge is 0.335 e. The molecule has 0 aliphatic rings. The number of carboxylic acid groups (broad SMARTS) is 1. The van der Waals surface area contributed by atoms with E-state index in [1.165, 1.54) is 70.2 Å². The molecule has 9 rings (SSSR count). The molecule has 0 saturated carbocycles. The van der Waals surface area contributed by atoms with E-state index in [1.54, 1.807) is 158 Å². The normalized spacial score (nSPS) is 10.5. The molecule has 0 spiro atoms. The first-order chi connectivity index (χ1) is 40.9. The summed E-state index contributed by atoms with van der Waals surface area (Å²) in [6.07, 6.45) is 0. The van der Waals surface area contributed by atoms with E-state index in [2.05, 4.69) is 31.9 Å². The number of aromatic carboxylic acids is 1. The summed E-state index contributed by atoms with van der Waals surface area (Å²) in [6, 6.07) is 52.9. The lowest BCUT2D eigenvalue weighted by Gasteiger charge is -2.14. The average molecular weight is 1140 g/mol. The van der Waals surface area contributed by atoms with Gasteiger partial charge in [0.2, 0.25) is 23.6 Å². The van der Waals surface area contributed by atoms with Crippen molar-refractivity contribution in [3.63, 3.8) is 0 Å². The molecule has 0 saturated heterocycles. The molecule has 9 aromatic rings. The zero-order valence-electron chi connectivity index (χ0n) is 45.8. The van der Waals surface area contributed by atoms with Gasteiger partial charge in [-0.05, 0) is 182 Å². The van der Waals surface area contributed by atoms with Gasteiger partial charge in [0.25, 0.3) is 11.8 Å². The van der Waals surface area contributed by atoms with Gasteiger partial charge in [-0.15, -0.1) is 0 Å². The molecule has 0 aliphatic carbocycles. The molecule has 9 aromatic carbocycles. The second-order valence-corrected chi connectivity index (χ2v) is 18.8. The predicted molar refractivity (Wildman–Crippen MR) is 319 cm³/mol. The Labute approximate surface area is 486 Å². The van der Waals surface area contributed by atoms with Gasteiger partial charge in [-0.25, -0.2) is 4.79 Å². The van der Waals surface area contributed by atoms with Crippen LogP contribution >= 0.6 is 0 Å². The standard InChI is InChI=1S/C65H52N6O14/c1-38(72)66-45-5-17-51(18-6-45)80-57-29-42(30-58(35-57)81-52-19-7-46(8-20-52)67-39(2)73)63(76)70-49-13-25-55(26-14-49)84-61-33-44(65(78)79)34-62(37-61)85-56-27-15-50(16-28-56)71-64(77)43-31-59(82-53-21-9-47(10-22-53)68-40(3)74)36-60(32-43)83-54-23-11-48(12-24-54)69-41(4)75/h5-37H,1-4H3,(H,66,72)(H,67,73)(H,68,74)(H,69,75)(H,70,76)(H,71,77)(H,78,79). The van der Waals surface area contributed by atoms with E-state index in [1.807, 2.05) is 0 Å². The molecule has 0 aliphatic heterocycles. The number of hydrogen-bond donors (Lipinski definition) is 7. The van der Waals surface area contributed by atoms with Gasteiger partial charge < -0.3 is 65.4 Å². The van der Waals surface area contributed by atoms with Crippen LogP contribution in [0.4, 0.5) is 34.1 Å². The molecular formula is C65H52N6O14. The van der Waals surface area contributed by atoms with E-state index in [9.17, 15) is 38.7 Å². The molecule has 85 heavy (non-hydrogen) atoms. The molecule has 0 unspecified atom stereocenters. The highest BCUT2D eigenvalue weighted by atomic mass is 16.5. The summed E-state index contributed by atoms with van der Waals surface area (Å²) in [4.78, 5) is 86.2. The monoisotopic (exact) mass is 1140 g/mol. The number of anilines is 6. The zero-order chi connectivity index (χ0) is 60.0. The van der Waals surface area contributed by atoms with Crippen LogP contribution in [-0.2, 0) is 19.2 Å². The van der Waals surface area contributed by atoms with E-state index >= 15 is 0 Å². The Balaban J connectivity index is 0.861. The molecule has 426 valence electrons. The Morgan fingerprint density at radius 3 is 0.600 bits per heavy atom. The number of rotatable bonds is 21. The lowest BCUT2D eigenvalue weighted by molar-refractivity contribution is -0.115. The lowest BCUT2D eigenvalue weighted by atomic mass is 10.1. The maximum Gasteiger partial charge on any atom is 0.335 e. The number of benzene rings is 9. The molecule has 0 atom stereocenters. The van der Waals surface area contributed by atoms with E-state index in [4.69, 9.17) is 28.4 Å². The minimum absolute atomic E-state index is 0.127. The molecule has 20 nitrogen and oxygen atoms in total. The highest BCUT2D eigenvalue weighted by Crippen LogP contribution is 2.36. The second kappa shape index (κ2) is 26.6. The van der Waals surface area contributed by atoms with Gasteiger partial charge in [-0.2, -0.15) is 0 Å². The highest BCUT2D eigenvalue weighted by molar-refractivity contribution is 6.06. The van der Waals surface area contributed by atoms with Crippen LogP contribution in [-0.4, -0.2) is 46.5 Å². The van der Waals surface area contributed by atoms with E-state index in [-0.39, 0.29) is 74.8 Å². The van der Waals surface area contributed by atoms with Crippen molar-refractivity contribution in [2.45, 2.75) is 27.7 Å². The van der Waals surface area contributed by atoms with Crippen LogP contribution in [0.25, 0.3) is 0 Å². The third-order valence-corrected chi connectivity index (χ3v) is 11.7. The van der Waals surface area contributed by atoms with Gasteiger partial charge in [0.05, 0.1) is 5.56 Å². The van der Waals surface area contributed by atoms with Gasteiger partial charge in [0, 0.05) is 91.1 Å². The molecule has 0 fully saturated rings. The van der Waals surface area contributed by atoms with E-state index in [0.717, 1.165) is 0 Å². The summed E-state index contributed by atoms with van der Waals surface area (Å²) in [5.41, 5.74) is 3.30. The van der Waals surface area contributed by atoms with Crippen LogP contribution in [0.5, 0.6) is 69.0 Å². The first-order valence-corrected chi connectivity index (χ1v) is 26.0. The van der Waals surface area contributed by atoms with Gasteiger partial charge in [-0.3, -0.25) is 28.8 Å². The lowest BCUT2D eigenvalue weighted by Crippen LogP contribution is -2.12. The number of carboxylic acids is 1. The Morgan fingerprint density at radius 2 is 0.424 bits per heavy atom. The van der Waals surface area contributed by atoms with Crippen molar-refractivity contribution in [1.82, 2.24) is 0 Å². The Hall–Kier alpha value is -11.9. The van der Waals surface area contributed by atoms with Crippen molar-refractivity contribution in [1.29, 1.82) is 0 Å². The fourth-order valence-corrected chi connectivity index (χ4v) is 8.13. The van der Waals surface area contributed by atoms with Crippen molar-refractivity contribution < 1.29 is 67.1 Å². The van der Waals surface area contributed by atoms with Gasteiger partial charge >= 0.3 is 5.97 Å². The van der Waals surface area contributed by atoms with Crippen molar-refractivity contribution >= 4 is 75.5 Å². The van der Waals surface area contributed by atoms with Crippen molar-refractivity contribution in [3.05, 3.63) is 217 Å². The summed E-state index contributed by atoms with van der Waals surface area (Å²) in [5.74, 6) is 0.457. The van der Waals surface area contributed by atoms with Crippen molar-refractivity contribution in [2.24, 2.45) is 0 Å². The Morgan fingerprint density at radius 1 is 0.247 bits per heavy atom. The van der Waals surface area contributed by atoms with E-state index in [0.29, 0.717) is 68.6 Å². The van der Waals surface area contributed by atoms with Crippen molar-refractivity contribution in [3.8, 4) is 69.0 Å². The van der Waals surface area contributed by atoms with Crippen LogP contribution in [0, 0.1) is 0 Å². The molecule has 0 bridgehead atoms. The quantitative estimate of drug-likeness (QED) is 0.0353. The van der Waals surface area contributed by atoms with Crippen molar-refractivity contribution in [2.75, 3.05) is 31.9 Å². The number of nitrogens with one attached hydrogen (secondary N) is 6. The number of carbonyl (C=O) groups is 7. The topological polar surface area (TPSA) is 267 Å². The van der Waals surface area contributed by atoms with Gasteiger partial charge in [0.15, 0.2) is 0 Å². The Kier molecular flexibility index (Phi) is 18.0. The van der Waals surface area contributed by atoms with Crippen LogP contribution in [0.3, 0.4) is 0 Å². The highest BCUT2D eigenvalue weighted by Gasteiger charge is 2.17. The van der Waals surface area contributed by atoms with Crippen LogP contribution < -0.4 is 60.3 Å². The minimum Gasteiger partial charge on any atom is -0.478 e. The molecular weight excluding hydrogens is 1090 g/mol. The Bertz CT molecular complexity index is 3540. The first-order valence-electron chi connectivity index (χ1n) is 26.0. The molecule has 0 radical (unpaired) electrons. The summed E-state index contributed by atoms with van der Waals surface area (Å²) in [5, 5.41) is 26.6. The van der Waals surface area contributed by atoms with Crippen LogP contribution in [0.2, 0.25) is 0 Å². The van der Waals surface area contributed by atoms with Gasteiger partial charge in [0.1, 0.15) is 69.0 Å². The maximum absolute atomic E-state index is 13.8. The zero-order valence-corrected chi connectivity index (χ0v) is 45.8. The van der Waals surface area contributed by atoms with Crippen LogP contribution in [0.1, 0.15) is 58.8 Å². The fraction of sp³-hybridized carbons (Fsp3) is 0.0615. The number of amides is 6. The minimum atomic E-state index is -1.24. The van der Waals surface area contributed by atoms with Gasteiger partial charge in [-0.1, -0.05) is 0 Å². The molecule has 7 N–H and O–H groups in total. The summed E-state index contributed by atoms with van der Waals surface area (Å²) in [7, 11) is 0. The third kappa shape index (κ3) is 17.0. The molecule has 0 aromatic heterocycles. The third-order valence-electron chi connectivity index (χ3n) is 11.7. The maximum atomic E-state index is 13.8. The molecule has 20 heteroatoms. The number of carbonyl (C=O) groups excluding carboxylic acids is 6. The van der Waals surface area contributed by atoms with E-state index < -0.39 is 17.8 Å². The summed E-state index contributed by atoms with van der Waals surface area (Å²) >= 11 is 0. The average Bonchev–Trinajstić information content (AvgIpc) is 3.46. The summed E-state index contributed by atoms with van der Waals surface area (Å²) < 4.78 is 36.7. The second-order valence-electron chi connectivity index (χ2n) is 18.8. The van der Waals surface area contributed by atoms with Crippen LogP contribution in [0.15, 0.2) is 200 Å². The number of hydrogen-bond acceptors (Lipinski definition) is 13. The molecule has 0 heterocycles. The fourth-order valence-electron chi connectivity index (χ4n) is 8.13. The summed E-state index contributed by atoms with van der Waals surface area (Å²) in [6.45, 7) is 5.61. The SMILES string of the molecule is CC(=O)Nc1ccc(Oc2cc(Oc3ccc(NC(C)=O)cc3)cc(C(=O)Nc3ccc(Oc4cc(Oc5ccc(NC(=O)c6cc(Oc7ccc(NC(C)=O)cc7)cc(Oc7ccc(NC(C)=O)cc7)c6)cc5)cc(C(=O)O)c4)cc3)c2)cc1. The largest absolute Gasteiger partial charge is 0.478 e.